The molecule has 0 saturated carbocycles. The highest BCUT2D eigenvalue weighted by molar-refractivity contribution is 6.30. The SMILES string of the molecule is Cc1cc(C(=O)CC(c2ccc(CC(=O)O)cc2)c2ccc(Cl)cc2C)ccn1. The molecule has 1 N–H and O–H groups in total. The van der Waals surface area contributed by atoms with Crippen LogP contribution in [0.15, 0.2) is 60.8 Å². The first-order chi connectivity index (χ1) is 13.8. The molecule has 0 radical (unpaired) electrons. The summed E-state index contributed by atoms with van der Waals surface area (Å²) in [4.78, 5) is 28.1. The number of nitrogens with zero attached hydrogens (tertiary/aromatic N) is 1. The molecule has 0 spiro atoms. The molecule has 1 atom stereocenters. The van der Waals surface area contributed by atoms with Gasteiger partial charge in [0.05, 0.1) is 6.42 Å². The first-order valence-corrected chi connectivity index (χ1v) is 9.74. The van der Waals surface area contributed by atoms with Crippen molar-refractivity contribution in [2.75, 3.05) is 0 Å². The van der Waals surface area contributed by atoms with Crippen molar-refractivity contribution in [3.63, 3.8) is 0 Å². The van der Waals surface area contributed by atoms with Crippen LogP contribution in [0.3, 0.4) is 0 Å². The number of rotatable bonds is 7. The summed E-state index contributed by atoms with van der Waals surface area (Å²) in [5, 5.41) is 9.64. The molecular formula is C24H22ClNO3. The minimum Gasteiger partial charge on any atom is -0.481 e. The molecular weight excluding hydrogens is 386 g/mol. The van der Waals surface area contributed by atoms with Gasteiger partial charge in [0.25, 0.3) is 0 Å². The summed E-state index contributed by atoms with van der Waals surface area (Å²) in [5.41, 5.74) is 5.16. The number of carboxylic acids is 1. The van der Waals surface area contributed by atoms with Crippen molar-refractivity contribution in [1.29, 1.82) is 0 Å². The summed E-state index contributed by atoms with van der Waals surface area (Å²) in [7, 11) is 0. The zero-order chi connectivity index (χ0) is 21.0. The predicted octanol–water partition coefficient (Wildman–Crippen LogP) is 5.38. The van der Waals surface area contributed by atoms with Crippen LogP contribution in [-0.4, -0.2) is 21.8 Å². The molecule has 0 aliphatic carbocycles. The van der Waals surface area contributed by atoms with Crippen molar-refractivity contribution in [2.24, 2.45) is 0 Å². The van der Waals surface area contributed by atoms with Gasteiger partial charge in [0, 0.05) is 34.8 Å². The average molecular weight is 408 g/mol. The van der Waals surface area contributed by atoms with Crippen LogP contribution in [0.25, 0.3) is 0 Å². The molecule has 0 bridgehead atoms. The minimum atomic E-state index is -0.869. The zero-order valence-corrected chi connectivity index (χ0v) is 17.1. The molecule has 2 aromatic carbocycles. The van der Waals surface area contributed by atoms with Gasteiger partial charge in [-0.1, -0.05) is 41.9 Å². The van der Waals surface area contributed by atoms with Gasteiger partial charge >= 0.3 is 5.97 Å². The third-order valence-corrected chi connectivity index (χ3v) is 5.19. The second-order valence-corrected chi connectivity index (χ2v) is 7.62. The van der Waals surface area contributed by atoms with Gasteiger partial charge in [0.15, 0.2) is 5.78 Å². The van der Waals surface area contributed by atoms with E-state index in [1.54, 1.807) is 18.3 Å². The number of aromatic nitrogens is 1. The molecule has 0 aliphatic heterocycles. The first kappa shape index (κ1) is 20.7. The largest absolute Gasteiger partial charge is 0.481 e. The van der Waals surface area contributed by atoms with Crippen molar-refractivity contribution >= 4 is 23.4 Å². The molecule has 0 fully saturated rings. The van der Waals surface area contributed by atoms with Gasteiger partial charge < -0.3 is 5.11 Å². The highest BCUT2D eigenvalue weighted by Crippen LogP contribution is 2.33. The number of hydrogen-bond donors (Lipinski definition) is 1. The quantitative estimate of drug-likeness (QED) is 0.533. The molecule has 4 nitrogen and oxygen atoms in total. The van der Waals surface area contributed by atoms with Crippen molar-refractivity contribution in [3.05, 3.63) is 99.3 Å². The molecule has 0 aliphatic rings. The van der Waals surface area contributed by atoms with Crippen LogP contribution in [0.5, 0.6) is 0 Å². The highest BCUT2D eigenvalue weighted by Gasteiger charge is 2.21. The van der Waals surface area contributed by atoms with Crippen LogP contribution >= 0.6 is 11.6 Å². The standard InChI is InChI=1S/C24H22ClNO3/c1-15-11-20(25)7-8-21(15)22(14-23(27)19-9-10-26-16(2)12-19)18-5-3-17(4-6-18)13-24(28)29/h3-12,22H,13-14H2,1-2H3,(H,28,29). The molecule has 0 amide bonds. The summed E-state index contributed by atoms with van der Waals surface area (Å²) in [5.74, 6) is -0.998. The molecule has 3 aromatic rings. The molecule has 29 heavy (non-hydrogen) atoms. The maximum absolute atomic E-state index is 13.0. The van der Waals surface area contributed by atoms with Crippen LogP contribution in [0, 0.1) is 13.8 Å². The molecule has 5 heteroatoms. The monoisotopic (exact) mass is 407 g/mol. The minimum absolute atomic E-state index is 0.0276. The first-order valence-electron chi connectivity index (χ1n) is 9.36. The second-order valence-electron chi connectivity index (χ2n) is 7.18. The summed E-state index contributed by atoms with van der Waals surface area (Å²) in [6, 6.07) is 16.6. The number of halogens is 1. The summed E-state index contributed by atoms with van der Waals surface area (Å²) in [6.45, 7) is 3.84. The van der Waals surface area contributed by atoms with Gasteiger partial charge in [-0.2, -0.15) is 0 Å². The maximum Gasteiger partial charge on any atom is 0.307 e. The van der Waals surface area contributed by atoms with E-state index in [2.05, 4.69) is 4.98 Å². The van der Waals surface area contributed by atoms with E-state index in [-0.39, 0.29) is 18.1 Å². The fourth-order valence-electron chi connectivity index (χ4n) is 3.50. The Labute approximate surface area is 175 Å². The van der Waals surface area contributed by atoms with Gasteiger partial charge in [0.1, 0.15) is 0 Å². The van der Waals surface area contributed by atoms with Crippen molar-refractivity contribution in [2.45, 2.75) is 32.6 Å². The number of pyridine rings is 1. The lowest BCUT2D eigenvalue weighted by atomic mass is 9.83. The van der Waals surface area contributed by atoms with E-state index in [0.717, 1.165) is 27.9 Å². The van der Waals surface area contributed by atoms with Gasteiger partial charge in [-0.25, -0.2) is 0 Å². The number of Topliss-reactive ketones (excluding diaryl/α,β-unsaturated/α-hetero) is 1. The lowest BCUT2D eigenvalue weighted by molar-refractivity contribution is -0.136. The van der Waals surface area contributed by atoms with Crippen LogP contribution in [0.1, 0.15) is 50.6 Å². The number of aliphatic carboxylic acids is 1. The summed E-state index contributed by atoms with van der Waals surface area (Å²) >= 11 is 6.13. The Balaban J connectivity index is 1.97. The Morgan fingerprint density at radius 3 is 2.38 bits per heavy atom. The Hall–Kier alpha value is -2.98. The van der Waals surface area contributed by atoms with E-state index in [9.17, 15) is 9.59 Å². The maximum atomic E-state index is 13.0. The topological polar surface area (TPSA) is 67.3 Å². The van der Waals surface area contributed by atoms with Gasteiger partial charge in [-0.05, 0) is 60.4 Å². The third-order valence-electron chi connectivity index (χ3n) is 4.95. The zero-order valence-electron chi connectivity index (χ0n) is 16.4. The van der Waals surface area contributed by atoms with Crippen LogP contribution < -0.4 is 0 Å². The molecule has 0 saturated heterocycles. The van der Waals surface area contributed by atoms with E-state index < -0.39 is 5.97 Å². The number of carboxylic acid groups (broad SMARTS) is 1. The smallest absolute Gasteiger partial charge is 0.307 e. The number of ketones is 1. The average Bonchev–Trinajstić information content (AvgIpc) is 2.67. The third kappa shape index (κ3) is 5.30. The van der Waals surface area contributed by atoms with E-state index in [1.807, 2.05) is 56.3 Å². The predicted molar refractivity (Wildman–Crippen MR) is 114 cm³/mol. The van der Waals surface area contributed by atoms with Crippen LogP contribution in [-0.2, 0) is 11.2 Å². The number of carbonyl (C=O) groups excluding carboxylic acids is 1. The normalized spacial score (nSPS) is 11.8. The van der Waals surface area contributed by atoms with Crippen molar-refractivity contribution < 1.29 is 14.7 Å². The molecule has 1 unspecified atom stereocenters. The van der Waals surface area contributed by atoms with Crippen molar-refractivity contribution in [1.82, 2.24) is 4.98 Å². The van der Waals surface area contributed by atoms with Gasteiger partial charge in [0.2, 0.25) is 0 Å². The van der Waals surface area contributed by atoms with E-state index in [4.69, 9.17) is 16.7 Å². The lowest BCUT2D eigenvalue weighted by Gasteiger charge is -2.20. The number of hydrogen-bond acceptors (Lipinski definition) is 3. The molecule has 3 rings (SSSR count). The summed E-state index contributed by atoms with van der Waals surface area (Å²) in [6.07, 6.45) is 1.91. The number of carbonyl (C=O) groups is 2. The van der Waals surface area contributed by atoms with E-state index >= 15 is 0 Å². The fraction of sp³-hybridized carbons (Fsp3) is 0.208. The molecule has 1 heterocycles. The Morgan fingerprint density at radius 1 is 1.03 bits per heavy atom. The van der Waals surface area contributed by atoms with Gasteiger partial charge in [-0.15, -0.1) is 0 Å². The second kappa shape index (κ2) is 9.01. The summed E-state index contributed by atoms with van der Waals surface area (Å²) < 4.78 is 0. The lowest BCUT2D eigenvalue weighted by Crippen LogP contribution is -2.11. The van der Waals surface area contributed by atoms with Crippen molar-refractivity contribution in [3.8, 4) is 0 Å². The fourth-order valence-corrected chi connectivity index (χ4v) is 3.73. The Bertz CT molecular complexity index is 1040. The number of aryl methyl sites for hydroxylation is 2. The van der Waals surface area contributed by atoms with Gasteiger partial charge in [-0.3, -0.25) is 14.6 Å². The van der Waals surface area contributed by atoms with E-state index in [0.29, 0.717) is 17.0 Å². The van der Waals surface area contributed by atoms with Crippen LogP contribution in [0.2, 0.25) is 5.02 Å². The van der Waals surface area contributed by atoms with E-state index in [1.165, 1.54) is 0 Å². The Kier molecular flexibility index (Phi) is 6.45. The number of benzene rings is 2. The van der Waals surface area contributed by atoms with Crippen LogP contribution in [0.4, 0.5) is 0 Å². The molecule has 148 valence electrons. The molecule has 1 aromatic heterocycles. The Morgan fingerprint density at radius 2 is 1.76 bits per heavy atom. The highest BCUT2D eigenvalue weighted by atomic mass is 35.5.